The summed E-state index contributed by atoms with van der Waals surface area (Å²) in [5, 5.41) is 4.75. The van der Waals surface area contributed by atoms with Gasteiger partial charge in [-0.05, 0) is 50.8 Å². The van der Waals surface area contributed by atoms with Gasteiger partial charge in [-0.3, -0.25) is 14.4 Å². The van der Waals surface area contributed by atoms with Crippen LogP contribution in [0.1, 0.15) is 38.2 Å². The lowest BCUT2D eigenvalue weighted by atomic mass is 10.0. The van der Waals surface area contributed by atoms with Crippen molar-refractivity contribution in [1.29, 1.82) is 0 Å². The molecule has 25 heavy (non-hydrogen) atoms. The van der Waals surface area contributed by atoms with Crippen LogP contribution in [0.5, 0.6) is 0 Å². The van der Waals surface area contributed by atoms with E-state index in [0.29, 0.717) is 5.56 Å². The fraction of sp³-hybridized carbons (Fsp3) is 0.500. The Morgan fingerprint density at radius 3 is 2.68 bits per heavy atom. The van der Waals surface area contributed by atoms with Crippen molar-refractivity contribution >= 4 is 23.4 Å². The summed E-state index contributed by atoms with van der Waals surface area (Å²) in [5.41, 5.74) is 0.661. The number of rotatable bonds is 4. The summed E-state index contributed by atoms with van der Waals surface area (Å²) in [4.78, 5) is 37.6. The molecule has 6 nitrogen and oxygen atoms in total. The number of carbonyl (C=O) groups excluding carboxylic acids is 3. The van der Waals surface area contributed by atoms with Gasteiger partial charge in [-0.25, -0.2) is 4.39 Å². The van der Waals surface area contributed by atoms with E-state index in [4.69, 9.17) is 0 Å². The molecule has 0 spiro atoms. The van der Waals surface area contributed by atoms with Crippen molar-refractivity contribution in [3.63, 3.8) is 0 Å². The maximum atomic E-state index is 13.4. The summed E-state index contributed by atoms with van der Waals surface area (Å²) >= 11 is 0. The van der Waals surface area contributed by atoms with Gasteiger partial charge >= 0.3 is 11.8 Å². The van der Waals surface area contributed by atoms with Gasteiger partial charge in [0.25, 0.3) is 0 Å². The Bertz CT molecular complexity index is 663. The topological polar surface area (TPSA) is 78.5 Å². The van der Waals surface area contributed by atoms with Gasteiger partial charge in [0, 0.05) is 31.2 Å². The number of nitrogens with zero attached hydrogens (tertiary/aromatic N) is 1. The first-order valence-electron chi connectivity index (χ1n) is 8.53. The van der Waals surface area contributed by atoms with Crippen LogP contribution in [0.15, 0.2) is 18.2 Å². The first-order chi connectivity index (χ1) is 11.9. The molecule has 0 radical (unpaired) electrons. The number of benzene rings is 1. The van der Waals surface area contributed by atoms with Crippen molar-refractivity contribution in [3.05, 3.63) is 29.6 Å². The average molecular weight is 349 g/mol. The molecule has 1 aliphatic rings. The molecule has 0 aromatic heterocycles. The lowest BCUT2D eigenvalue weighted by Gasteiger charge is -2.33. The van der Waals surface area contributed by atoms with E-state index < -0.39 is 17.6 Å². The molecule has 2 N–H and O–H groups in total. The third kappa shape index (κ3) is 5.27. The SMILES string of the molecule is Cc1ccc(NC(=O)C(=O)NCCC(=O)N2CCCCC2C)cc1F. The quantitative estimate of drug-likeness (QED) is 0.816. The van der Waals surface area contributed by atoms with Gasteiger partial charge in [0.2, 0.25) is 5.91 Å². The van der Waals surface area contributed by atoms with Gasteiger partial charge in [-0.1, -0.05) is 6.07 Å². The highest BCUT2D eigenvalue weighted by molar-refractivity contribution is 6.39. The van der Waals surface area contributed by atoms with Gasteiger partial charge in [0.1, 0.15) is 5.82 Å². The maximum Gasteiger partial charge on any atom is 0.313 e. The Morgan fingerprint density at radius 1 is 1.24 bits per heavy atom. The number of likely N-dealkylation sites (tertiary alicyclic amines) is 1. The molecule has 0 bridgehead atoms. The number of hydrogen-bond acceptors (Lipinski definition) is 3. The van der Waals surface area contributed by atoms with Crippen molar-refractivity contribution in [2.24, 2.45) is 0 Å². The molecule has 2 rings (SSSR count). The van der Waals surface area contributed by atoms with Crippen LogP contribution in [-0.2, 0) is 14.4 Å². The monoisotopic (exact) mass is 349 g/mol. The predicted molar refractivity (Wildman–Crippen MR) is 92.4 cm³/mol. The molecule has 1 aliphatic heterocycles. The lowest BCUT2D eigenvalue weighted by Crippen LogP contribution is -2.44. The molecule has 136 valence electrons. The van der Waals surface area contributed by atoms with Gasteiger partial charge in [0.15, 0.2) is 0 Å². The number of carbonyl (C=O) groups is 3. The highest BCUT2D eigenvalue weighted by Crippen LogP contribution is 2.17. The zero-order valence-corrected chi connectivity index (χ0v) is 14.6. The van der Waals surface area contributed by atoms with Crippen LogP contribution < -0.4 is 10.6 Å². The number of amides is 3. The minimum Gasteiger partial charge on any atom is -0.347 e. The zero-order valence-electron chi connectivity index (χ0n) is 14.6. The number of nitrogens with one attached hydrogen (secondary N) is 2. The molecular formula is C18H24FN3O3. The summed E-state index contributed by atoms with van der Waals surface area (Å²) in [6.45, 7) is 4.46. The smallest absolute Gasteiger partial charge is 0.313 e. The van der Waals surface area contributed by atoms with Gasteiger partial charge < -0.3 is 15.5 Å². The van der Waals surface area contributed by atoms with Crippen molar-refractivity contribution in [3.8, 4) is 0 Å². The molecule has 0 saturated carbocycles. The first-order valence-corrected chi connectivity index (χ1v) is 8.53. The number of aryl methyl sites for hydroxylation is 1. The molecule has 1 fully saturated rings. The fourth-order valence-electron chi connectivity index (χ4n) is 2.83. The second-order valence-corrected chi connectivity index (χ2v) is 6.36. The molecule has 1 saturated heterocycles. The van der Waals surface area contributed by atoms with Crippen LogP contribution >= 0.6 is 0 Å². The molecule has 0 aliphatic carbocycles. The van der Waals surface area contributed by atoms with E-state index >= 15 is 0 Å². The normalized spacial score (nSPS) is 17.1. The Labute approximate surface area is 146 Å². The summed E-state index contributed by atoms with van der Waals surface area (Å²) in [7, 11) is 0. The summed E-state index contributed by atoms with van der Waals surface area (Å²) in [6, 6.07) is 4.41. The van der Waals surface area contributed by atoms with Crippen molar-refractivity contribution in [2.45, 2.75) is 45.6 Å². The van der Waals surface area contributed by atoms with Crippen LogP contribution in [0, 0.1) is 12.7 Å². The number of hydrogen-bond donors (Lipinski definition) is 2. The van der Waals surface area contributed by atoms with E-state index in [2.05, 4.69) is 10.6 Å². The Balaban J connectivity index is 1.76. The second-order valence-electron chi connectivity index (χ2n) is 6.36. The molecule has 1 aromatic carbocycles. The molecule has 1 atom stereocenters. The molecule has 7 heteroatoms. The van der Waals surface area contributed by atoms with Crippen LogP contribution in [0.3, 0.4) is 0 Å². The summed E-state index contributed by atoms with van der Waals surface area (Å²) in [5.74, 6) is -2.21. The largest absolute Gasteiger partial charge is 0.347 e. The average Bonchev–Trinajstić information content (AvgIpc) is 2.58. The Morgan fingerprint density at radius 2 is 2.00 bits per heavy atom. The highest BCUT2D eigenvalue weighted by Gasteiger charge is 2.23. The molecular weight excluding hydrogens is 325 g/mol. The highest BCUT2D eigenvalue weighted by atomic mass is 19.1. The molecule has 1 aromatic rings. The van der Waals surface area contributed by atoms with Crippen LogP contribution in [0.4, 0.5) is 10.1 Å². The minimum atomic E-state index is -0.887. The first kappa shape index (κ1) is 18.9. The van der Waals surface area contributed by atoms with E-state index in [9.17, 15) is 18.8 Å². The third-order valence-corrected chi connectivity index (χ3v) is 4.38. The molecule has 1 heterocycles. The van der Waals surface area contributed by atoms with Crippen molar-refractivity contribution in [2.75, 3.05) is 18.4 Å². The van der Waals surface area contributed by atoms with Crippen molar-refractivity contribution < 1.29 is 18.8 Å². The van der Waals surface area contributed by atoms with Gasteiger partial charge in [-0.15, -0.1) is 0 Å². The maximum absolute atomic E-state index is 13.4. The fourth-order valence-corrected chi connectivity index (χ4v) is 2.83. The van der Waals surface area contributed by atoms with Crippen molar-refractivity contribution in [1.82, 2.24) is 10.2 Å². The summed E-state index contributed by atoms with van der Waals surface area (Å²) in [6.07, 6.45) is 3.27. The number of piperidine rings is 1. The Kier molecular flexibility index (Phi) is 6.50. The second kappa shape index (κ2) is 8.60. The third-order valence-electron chi connectivity index (χ3n) is 4.38. The molecule has 3 amide bonds. The standard InChI is InChI=1S/C18H24FN3O3/c1-12-6-7-14(11-15(12)19)21-18(25)17(24)20-9-8-16(23)22-10-4-3-5-13(22)2/h6-7,11,13H,3-5,8-10H2,1-2H3,(H,20,24)(H,21,25). The van der Waals surface area contributed by atoms with Crippen LogP contribution in [0.25, 0.3) is 0 Å². The van der Waals surface area contributed by atoms with Crippen LogP contribution in [-0.4, -0.2) is 41.8 Å². The van der Waals surface area contributed by atoms with E-state index in [1.807, 2.05) is 11.8 Å². The van der Waals surface area contributed by atoms with E-state index in [1.54, 1.807) is 6.92 Å². The number of anilines is 1. The number of halogens is 1. The zero-order chi connectivity index (χ0) is 18.4. The van der Waals surface area contributed by atoms with E-state index in [-0.39, 0.29) is 30.6 Å². The molecule has 1 unspecified atom stereocenters. The van der Waals surface area contributed by atoms with Crippen LogP contribution in [0.2, 0.25) is 0 Å². The van der Waals surface area contributed by atoms with Gasteiger partial charge in [-0.2, -0.15) is 0 Å². The predicted octanol–water partition coefficient (Wildman–Crippen LogP) is 1.98. The lowest BCUT2D eigenvalue weighted by molar-refractivity contribution is -0.137. The minimum absolute atomic E-state index is 0.0199. The van der Waals surface area contributed by atoms with Gasteiger partial charge in [0.05, 0.1) is 0 Å². The van der Waals surface area contributed by atoms with E-state index in [1.165, 1.54) is 12.1 Å². The van der Waals surface area contributed by atoms with E-state index in [0.717, 1.165) is 31.9 Å². The Hall–Kier alpha value is -2.44. The summed E-state index contributed by atoms with van der Waals surface area (Å²) < 4.78 is 13.4.